The molecule has 2 aromatic rings. The Kier molecular flexibility index (Phi) is 9.48. The van der Waals surface area contributed by atoms with E-state index in [0.717, 1.165) is 25.6 Å². The molecule has 2 aliphatic rings. The summed E-state index contributed by atoms with van der Waals surface area (Å²) in [6, 6.07) is 5.15. The first-order chi connectivity index (χ1) is 19.5. The summed E-state index contributed by atoms with van der Waals surface area (Å²) in [6.07, 6.45) is 3.44. The van der Waals surface area contributed by atoms with Crippen LogP contribution in [0.4, 0.5) is 10.6 Å². The molecule has 13 nitrogen and oxygen atoms in total. The summed E-state index contributed by atoms with van der Waals surface area (Å²) < 4.78 is 23.4. The molecule has 4 rings (SSSR count). The van der Waals surface area contributed by atoms with E-state index in [1.807, 2.05) is 6.92 Å². The fraction of sp³-hybridized carbons (Fsp3) is 0.679. The lowest BCUT2D eigenvalue weighted by atomic mass is 9.85. The highest BCUT2D eigenvalue weighted by atomic mass is 16.7. The molecule has 41 heavy (non-hydrogen) atoms. The number of hydrogen-bond acceptors (Lipinski definition) is 11. The van der Waals surface area contributed by atoms with Crippen LogP contribution < -0.4 is 5.32 Å². The number of ether oxygens (including phenoxy) is 4. The number of esters is 1. The molecule has 1 aliphatic carbocycles. The molecule has 224 valence electrons. The topological polar surface area (TPSA) is 178 Å². The first kappa shape index (κ1) is 30.6. The first-order valence-corrected chi connectivity index (χ1v) is 14.0. The largest absolute Gasteiger partial charge is 0.427 e. The number of aliphatic hydroxyl groups excluding tert-OH is 2. The molecular formula is C28H39N5O8. The Hall–Kier alpha value is -3.31. The summed E-state index contributed by atoms with van der Waals surface area (Å²) >= 11 is 0. The van der Waals surface area contributed by atoms with Crippen LogP contribution in [0.25, 0.3) is 5.52 Å². The number of aromatic nitrogens is 3. The zero-order valence-corrected chi connectivity index (χ0v) is 23.9. The van der Waals surface area contributed by atoms with Gasteiger partial charge in [-0.2, -0.15) is 10.4 Å². The predicted molar refractivity (Wildman–Crippen MR) is 144 cm³/mol. The van der Waals surface area contributed by atoms with E-state index in [9.17, 15) is 25.1 Å². The Morgan fingerprint density at radius 2 is 2.00 bits per heavy atom. The number of carbonyl (C=O) groups excluding carboxylic acids is 2. The highest BCUT2D eigenvalue weighted by Gasteiger charge is 2.58. The van der Waals surface area contributed by atoms with Gasteiger partial charge in [0.25, 0.3) is 0 Å². The average molecular weight is 574 g/mol. The van der Waals surface area contributed by atoms with Crippen LogP contribution in [-0.4, -0.2) is 74.7 Å². The third-order valence-electron chi connectivity index (χ3n) is 7.60. The standard InChI is InChI=1S/C28H39N5O8/c1-17(12-18-8-6-5-7-9-18)40-22-20(13-34)41-28(14-29,23(22)35)21-11-10-19-24(30-15-31-33(19)21)32-26(37)39-16-38-25(36)27(2,3)4/h10-11,15,17-18,20,22-23,34-35H,5-9,12-13,16H2,1-4H3,(H,30,31,32,37)/t17?,20-,22-,23-,28+/m1/s1. The van der Waals surface area contributed by atoms with Crippen molar-refractivity contribution in [2.24, 2.45) is 11.3 Å². The van der Waals surface area contributed by atoms with Crippen LogP contribution in [0.5, 0.6) is 0 Å². The van der Waals surface area contributed by atoms with Gasteiger partial charge in [0.15, 0.2) is 5.82 Å². The highest BCUT2D eigenvalue weighted by Crippen LogP contribution is 2.42. The van der Waals surface area contributed by atoms with Gasteiger partial charge >= 0.3 is 12.1 Å². The summed E-state index contributed by atoms with van der Waals surface area (Å²) in [6.45, 7) is 5.90. The SMILES string of the molecule is CC(CC1CCCCC1)O[C@H]1[C@@H](O)[C@](C#N)(c2ccc3c(NC(=O)OCOC(=O)C(C)(C)C)ncnn23)O[C@@H]1CO. The fourth-order valence-corrected chi connectivity index (χ4v) is 5.49. The Morgan fingerprint density at radius 1 is 1.27 bits per heavy atom. The molecule has 3 heterocycles. The van der Waals surface area contributed by atoms with Crippen molar-refractivity contribution in [1.29, 1.82) is 5.26 Å². The van der Waals surface area contributed by atoms with Crippen molar-refractivity contribution in [3.63, 3.8) is 0 Å². The van der Waals surface area contributed by atoms with E-state index in [0.29, 0.717) is 5.92 Å². The minimum atomic E-state index is -1.91. The molecule has 0 bridgehead atoms. The molecule has 13 heteroatoms. The van der Waals surface area contributed by atoms with Gasteiger partial charge in [0.2, 0.25) is 12.4 Å². The molecule has 2 aromatic heterocycles. The van der Waals surface area contributed by atoms with Crippen molar-refractivity contribution in [3.05, 3.63) is 24.2 Å². The van der Waals surface area contributed by atoms with Gasteiger partial charge in [0.05, 0.1) is 23.8 Å². The third kappa shape index (κ3) is 6.62. The minimum absolute atomic E-state index is 0.0478. The molecule has 3 N–H and O–H groups in total. The first-order valence-electron chi connectivity index (χ1n) is 14.0. The number of amides is 1. The summed E-state index contributed by atoms with van der Waals surface area (Å²) in [4.78, 5) is 28.3. The summed E-state index contributed by atoms with van der Waals surface area (Å²) in [7, 11) is 0. The zero-order valence-electron chi connectivity index (χ0n) is 23.9. The van der Waals surface area contributed by atoms with E-state index in [-0.39, 0.29) is 23.1 Å². The number of aliphatic hydroxyl groups is 2. The second-order valence-electron chi connectivity index (χ2n) is 11.8. The summed E-state index contributed by atoms with van der Waals surface area (Å²) in [5.41, 5.74) is -2.21. The monoisotopic (exact) mass is 573 g/mol. The number of hydrogen-bond donors (Lipinski definition) is 3. The van der Waals surface area contributed by atoms with E-state index in [2.05, 4.69) is 21.5 Å². The lowest BCUT2D eigenvalue weighted by molar-refractivity contribution is -0.161. The van der Waals surface area contributed by atoms with Crippen molar-refractivity contribution >= 4 is 23.4 Å². The van der Waals surface area contributed by atoms with Gasteiger partial charge in [-0.25, -0.2) is 14.3 Å². The van der Waals surface area contributed by atoms with Gasteiger partial charge in [-0.15, -0.1) is 0 Å². The Morgan fingerprint density at radius 3 is 2.66 bits per heavy atom. The predicted octanol–water partition coefficient (Wildman–Crippen LogP) is 3.04. The number of carbonyl (C=O) groups is 2. The number of anilines is 1. The Bertz CT molecular complexity index is 1260. The molecule has 0 spiro atoms. The summed E-state index contributed by atoms with van der Waals surface area (Å²) in [5, 5.41) is 38.5. The van der Waals surface area contributed by atoms with E-state index in [1.54, 1.807) is 26.8 Å². The van der Waals surface area contributed by atoms with Gasteiger partial charge in [0, 0.05) is 0 Å². The third-order valence-corrected chi connectivity index (χ3v) is 7.60. The van der Waals surface area contributed by atoms with Gasteiger partial charge in [-0.1, -0.05) is 32.1 Å². The van der Waals surface area contributed by atoms with Crippen LogP contribution >= 0.6 is 0 Å². The van der Waals surface area contributed by atoms with E-state index in [1.165, 1.54) is 29.8 Å². The number of rotatable bonds is 9. The molecule has 1 saturated carbocycles. The number of nitriles is 1. The average Bonchev–Trinajstić information content (AvgIpc) is 3.49. The maximum Gasteiger partial charge on any atom is 0.415 e. The van der Waals surface area contributed by atoms with E-state index >= 15 is 0 Å². The zero-order chi connectivity index (χ0) is 29.8. The van der Waals surface area contributed by atoms with Gasteiger partial charge in [0.1, 0.15) is 36.2 Å². The van der Waals surface area contributed by atoms with Crippen molar-refractivity contribution in [1.82, 2.24) is 14.6 Å². The van der Waals surface area contributed by atoms with Crippen molar-refractivity contribution in [2.45, 2.75) is 96.2 Å². The number of nitrogens with one attached hydrogen (secondary N) is 1. The maximum absolute atomic E-state index is 12.3. The minimum Gasteiger partial charge on any atom is -0.427 e. The maximum atomic E-state index is 12.3. The van der Waals surface area contributed by atoms with Crippen LogP contribution in [-0.2, 0) is 29.3 Å². The van der Waals surface area contributed by atoms with Gasteiger partial charge < -0.3 is 29.2 Å². The molecule has 1 unspecified atom stereocenters. The van der Waals surface area contributed by atoms with Crippen molar-refractivity contribution < 1.29 is 38.7 Å². The lowest BCUT2D eigenvalue weighted by Crippen LogP contribution is -2.43. The molecule has 0 aromatic carbocycles. The lowest BCUT2D eigenvalue weighted by Gasteiger charge is -2.29. The second-order valence-corrected chi connectivity index (χ2v) is 11.8. The molecular weight excluding hydrogens is 534 g/mol. The number of fused-ring (bicyclic) bond motifs is 1. The quantitative estimate of drug-likeness (QED) is 0.297. The second kappa shape index (κ2) is 12.7. The van der Waals surface area contributed by atoms with Crippen LogP contribution in [0.3, 0.4) is 0 Å². The van der Waals surface area contributed by atoms with Crippen LogP contribution in [0.1, 0.15) is 71.9 Å². The Balaban J connectivity index is 1.50. The molecule has 1 amide bonds. The summed E-state index contributed by atoms with van der Waals surface area (Å²) in [5.74, 6) is 0.0576. The molecule has 1 saturated heterocycles. The highest BCUT2D eigenvalue weighted by molar-refractivity contribution is 5.88. The van der Waals surface area contributed by atoms with Crippen LogP contribution in [0.15, 0.2) is 18.5 Å². The van der Waals surface area contributed by atoms with Crippen LogP contribution in [0.2, 0.25) is 0 Å². The molecule has 0 radical (unpaired) electrons. The van der Waals surface area contributed by atoms with Crippen LogP contribution in [0, 0.1) is 22.7 Å². The van der Waals surface area contributed by atoms with Crippen molar-refractivity contribution in [3.8, 4) is 6.07 Å². The van der Waals surface area contributed by atoms with E-state index < -0.39 is 54.8 Å². The fourth-order valence-electron chi connectivity index (χ4n) is 5.49. The van der Waals surface area contributed by atoms with Crippen molar-refractivity contribution in [2.75, 3.05) is 18.7 Å². The molecule has 2 fully saturated rings. The molecule has 1 aliphatic heterocycles. The van der Waals surface area contributed by atoms with Gasteiger partial charge in [-0.05, 0) is 52.2 Å². The smallest absolute Gasteiger partial charge is 0.415 e. The normalized spacial score (nSPS) is 25.9. The molecule has 5 atom stereocenters. The Labute approximate surface area is 238 Å². The van der Waals surface area contributed by atoms with E-state index in [4.69, 9.17) is 18.9 Å². The van der Waals surface area contributed by atoms with Gasteiger partial charge in [-0.3, -0.25) is 10.1 Å². The number of nitrogens with zero attached hydrogens (tertiary/aromatic N) is 4.